The van der Waals surface area contributed by atoms with Gasteiger partial charge < -0.3 is 14.0 Å². The van der Waals surface area contributed by atoms with Crippen LogP contribution in [0.2, 0.25) is 5.28 Å². The molecular formula is C16H20ClN3O2. The highest BCUT2D eigenvalue weighted by Crippen LogP contribution is 2.63. The highest BCUT2D eigenvalue weighted by Gasteiger charge is 2.59. The van der Waals surface area contributed by atoms with Crippen molar-refractivity contribution >= 4 is 22.6 Å². The summed E-state index contributed by atoms with van der Waals surface area (Å²) in [5, 5.41) is 1.28. The molecule has 5 nitrogen and oxygen atoms in total. The lowest BCUT2D eigenvalue weighted by molar-refractivity contribution is -0.155. The number of nitrogens with zero attached hydrogens (tertiary/aromatic N) is 3. The summed E-state index contributed by atoms with van der Waals surface area (Å²) in [6.45, 7) is 5.18. The molecule has 2 aromatic heterocycles. The molecule has 118 valence electrons. The van der Waals surface area contributed by atoms with Crippen LogP contribution < -0.4 is 0 Å². The van der Waals surface area contributed by atoms with E-state index in [-0.39, 0.29) is 17.1 Å². The topological polar surface area (TPSA) is 49.2 Å². The molecule has 0 saturated heterocycles. The average Bonchev–Trinajstić information content (AvgIpc) is 2.74. The van der Waals surface area contributed by atoms with E-state index in [0.29, 0.717) is 13.2 Å². The van der Waals surface area contributed by atoms with Crippen LogP contribution in [0.25, 0.3) is 11.0 Å². The second-order valence-corrected chi connectivity index (χ2v) is 6.61. The Balaban J connectivity index is 1.87. The fraction of sp³-hybridized carbons (Fsp3) is 0.625. The van der Waals surface area contributed by atoms with Gasteiger partial charge in [-0.15, -0.1) is 0 Å². The van der Waals surface area contributed by atoms with Crippen LogP contribution in [0.3, 0.4) is 0 Å². The maximum Gasteiger partial charge on any atom is 0.224 e. The minimum absolute atomic E-state index is 0.186. The zero-order valence-electron chi connectivity index (χ0n) is 12.9. The fourth-order valence-corrected chi connectivity index (χ4v) is 4.02. The maximum atomic E-state index is 6.03. The van der Waals surface area contributed by atoms with E-state index in [2.05, 4.69) is 20.6 Å². The number of halogens is 1. The first-order chi connectivity index (χ1) is 10.7. The number of rotatable bonds is 6. The number of hydrogen-bond acceptors (Lipinski definition) is 4. The molecule has 6 heteroatoms. The molecule has 0 N–H and O–H groups in total. The maximum absolute atomic E-state index is 6.03. The van der Waals surface area contributed by atoms with Crippen LogP contribution in [0.1, 0.15) is 45.1 Å². The van der Waals surface area contributed by atoms with Crippen LogP contribution in [0.15, 0.2) is 12.3 Å². The highest BCUT2D eigenvalue weighted by molar-refractivity contribution is 6.28. The summed E-state index contributed by atoms with van der Waals surface area (Å²) in [5.74, 6) is 0.875. The summed E-state index contributed by atoms with van der Waals surface area (Å²) in [6, 6.07) is 2.09. The lowest BCUT2D eigenvalue weighted by Crippen LogP contribution is -2.59. The summed E-state index contributed by atoms with van der Waals surface area (Å²) in [6.07, 6.45) is 5.07. The van der Waals surface area contributed by atoms with Crippen molar-refractivity contribution in [3.05, 3.63) is 23.2 Å². The van der Waals surface area contributed by atoms with Gasteiger partial charge >= 0.3 is 0 Å². The van der Waals surface area contributed by atoms with Crippen molar-refractivity contribution in [2.75, 3.05) is 13.2 Å². The Bertz CT molecular complexity index is 692. The Kier molecular flexibility index (Phi) is 3.40. The predicted molar refractivity (Wildman–Crippen MR) is 83.8 cm³/mol. The Labute approximate surface area is 134 Å². The summed E-state index contributed by atoms with van der Waals surface area (Å²) >= 11 is 6.03. The van der Waals surface area contributed by atoms with Gasteiger partial charge in [-0.1, -0.05) is 0 Å². The smallest absolute Gasteiger partial charge is 0.224 e. The monoisotopic (exact) mass is 321 g/mol. The quantitative estimate of drug-likeness (QED) is 0.601. The van der Waals surface area contributed by atoms with Gasteiger partial charge in [0.05, 0.1) is 5.69 Å². The van der Waals surface area contributed by atoms with Crippen molar-refractivity contribution in [3.63, 3.8) is 0 Å². The van der Waals surface area contributed by atoms with E-state index < -0.39 is 0 Å². The van der Waals surface area contributed by atoms with E-state index in [4.69, 9.17) is 21.1 Å². The van der Waals surface area contributed by atoms with Crippen molar-refractivity contribution < 1.29 is 9.47 Å². The first-order valence-corrected chi connectivity index (χ1v) is 8.32. The van der Waals surface area contributed by atoms with Crippen LogP contribution in [-0.4, -0.2) is 27.7 Å². The zero-order chi connectivity index (χ0) is 15.3. The van der Waals surface area contributed by atoms with Crippen LogP contribution in [0, 0.1) is 5.92 Å². The van der Waals surface area contributed by atoms with Crippen LogP contribution in [-0.2, 0) is 15.0 Å². The molecule has 2 aromatic rings. The minimum atomic E-state index is -0.364. The molecule has 0 unspecified atom stereocenters. The van der Waals surface area contributed by atoms with Gasteiger partial charge in [0.2, 0.25) is 5.28 Å². The summed E-state index contributed by atoms with van der Waals surface area (Å²) in [7, 11) is 0. The Morgan fingerprint density at radius 2 is 2.00 bits per heavy atom. The van der Waals surface area contributed by atoms with Crippen LogP contribution >= 0.6 is 11.6 Å². The largest absolute Gasteiger partial charge is 0.347 e. The molecule has 3 aliphatic rings. The summed E-state index contributed by atoms with van der Waals surface area (Å²) in [5.41, 5.74) is 2.12. The number of aromatic nitrogens is 3. The third-order valence-corrected chi connectivity index (χ3v) is 5.08. The van der Waals surface area contributed by atoms with Gasteiger partial charge in [-0.05, 0) is 56.7 Å². The van der Waals surface area contributed by atoms with Gasteiger partial charge in [-0.25, -0.2) is 4.98 Å². The van der Waals surface area contributed by atoms with Crippen molar-refractivity contribution in [2.24, 2.45) is 5.92 Å². The first-order valence-electron chi connectivity index (χ1n) is 7.94. The number of ether oxygens (including phenoxy) is 2. The predicted octanol–water partition coefficient (Wildman–Crippen LogP) is 3.67. The van der Waals surface area contributed by atoms with Gasteiger partial charge in [-0.2, -0.15) is 4.98 Å². The number of hydrogen-bond donors (Lipinski definition) is 0. The van der Waals surface area contributed by atoms with Crippen molar-refractivity contribution in [2.45, 2.75) is 44.9 Å². The van der Waals surface area contributed by atoms with E-state index in [0.717, 1.165) is 22.6 Å². The second kappa shape index (κ2) is 5.18. The minimum Gasteiger partial charge on any atom is -0.347 e. The molecule has 3 fully saturated rings. The zero-order valence-corrected chi connectivity index (χ0v) is 13.6. The standard InChI is InChI=1S/C16H20ClN3O2/c1-3-21-14(22-4-2)12-5-11-9-18-15(17)19-13(11)20(12)16-6-10(7-16)8-16/h5,9-10,14H,3-4,6-8H2,1-2H3. The second-order valence-electron chi connectivity index (χ2n) is 6.27. The molecule has 2 heterocycles. The molecule has 0 atom stereocenters. The first kappa shape index (κ1) is 14.4. The van der Waals surface area contributed by atoms with E-state index in [1.165, 1.54) is 19.3 Å². The van der Waals surface area contributed by atoms with Crippen molar-refractivity contribution in [1.29, 1.82) is 0 Å². The molecule has 0 radical (unpaired) electrons. The number of fused-ring (bicyclic) bond motifs is 1. The summed E-state index contributed by atoms with van der Waals surface area (Å²) < 4.78 is 14.0. The van der Waals surface area contributed by atoms with E-state index >= 15 is 0 Å². The van der Waals surface area contributed by atoms with Gasteiger partial charge in [-0.3, -0.25) is 0 Å². The molecular weight excluding hydrogens is 302 g/mol. The van der Waals surface area contributed by atoms with E-state index in [1.807, 2.05) is 13.8 Å². The molecule has 3 saturated carbocycles. The lowest BCUT2D eigenvalue weighted by Gasteiger charge is -2.63. The molecule has 5 rings (SSSR count). The third kappa shape index (κ3) is 1.99. The third-order valence-electron chi connectivity index (χ3n) is 4.90. The lowest BCUT2D eigenvalue weighted by atomic mass is 9.49. The molecule has 3 aliphatic carbocycles. The van der Waals surface area contributed by atoms with Crippen molar-refractivity contribution in [1.82, 2.24) is 14.5 Å². The molecule has 0 aliphatic heterocycles. The van der Waals surface area contributed by atoms with Crippen LogP contribution in [0.5, 0.6) is 0 Å². The van der Waals surface area contributed by atoms with Gasteiger partial charge in [0.1, 0.15) is 5.65 Å². The molecule has 0 spiro atoms. The van der Waals surface area contributed by atoms with Gasteiger partial charge in [0, 0.05) is 30.3 Å². The average molecular weight is 322 g/mol. The highest BCUT2D eigenvalue weighted by atomic mass is 35.5. The van der Waals surface area contributed by atoms with Crippen LogP contribution in [0.4, 0.5) is 0 Å². The molecule has 0 amide bonds. The van der Waals surface area contributed by atoms with E-state index in [9.17, 15) is 0 Å². The molecule has 22 heavy (non-hydrogen) atoms. The molecule has 0 aromatic carbocycles. The molecule has 2 bridgehead atoms. The Hall–Kier alpha value is -1.17. The van der Waals surface area contributed by atoms with Gasteiger partial charge in [0.15, 0.2) is 6.29 Å². The normalized spacial score (nSPS) is 26.3. The SMILES string of the molecule is CCOC(OCC)c1cc2cnc(Cl)nc2n1C12CC(C1)C2. The van der Waals surface area contributed by atoms with E-state index in [1.54, 1.807) is 6.20 Å². The van der Waals surface area contributed by atoms with Crippen molar-refractivity contribution in [3.8, 4) is 0 Å². The summed E-state index contributed by atoms with van der Waals surface area (Å²) in [4.78, 5) is 8.59. The Morgan fingerprint density at radius 1 is 1.32 bits per heavy atom. The fourth-order valence-electron chi connectivity index (χ4n) is 3.89. The Morgan fingerprint density at radius 3 is 2.55 bits per heavy atom. The van der Waals surface area contributed by atoms with Gasteiger partial charge in [0.25, 0.3) is 0 Å².